The van der Waals surface area contributed by atoms with E-state index < -0.39 is 23.8 Å². The summed E-state index contributed by atoms with van der Waals surface area (Å²) in [5.74, 6) is -0.876. The van der Waals surface area contributed by atoms with E-state index in [0.717, 1.165) is 11.1 Å². The van der Waals surface area contributed by atoms with Crippen LogP contribution in [0.1, 0.15) is 38.7 Å². The molecule has 5 aromatic rings. The average molecular weight is 626 g/mol. The van der Waals surface area contributed by atoms with Gasteiger partial charge >= 0.3 is 5.97 Å². The number of carbonyl (C=O) groups excluding carboxylic acids is 2. The number of hydrogen-bond donors (Lipinski definition) is 3. The number of para-hydroxylation sites is 2. The minimum absolute atomic E-state index is 0.0618. The number of ether oxygens (including phenoxy) is 1. The molecule has 0 aliphatic heterocycles. The van der Waals surface area contributed by atoms with Crippen LogP contribution in [0.2, 0.25) is 10.2 Å². The molecule has 0 aliphatic rings. The zero-order valence-electron chi connectivity index (χ0n) is 23.0. The number of aliphatic carboxylic acids is 1. The zero-order chi connectivity index (χ0) is 31.1. The molecule has 0 fully saturated rings. The molecule has 4 aromatic carbocycles. The minimum atomic E-state index is -1.10. The molecule has 10 heteroatoms. The topological polar surface area (TPSA) is 118 Å². The summed E-state index contributed by atoms with van der Waals surface area (Å²) in [5.41, 5.74) is 2.74. The maximum absolute atomic E-state index is 13.5. The second-order valence-corrected chi connectivity index (χ2v) is 10.5. The fourth-order valence-corrected chi connectivity index (χ4v) is 4.77. The monoisotopic (exact) mass is 625 g/mol. The standard InChI is InChI=1S/C34H25Cl2N3O5/c35-24-15-16-28(38-33(42)23-14-17-31(36)37-20-23)27(18-24)34(43)39-29(19-32(40)41)22-12-10-21(11-13-22)26-8-4-5-9-30(26)44-25-6-2-1-3-7-25/h1-18,20,29H,19H2,(H,38,42)(H,39,43)(H,40,41). The van der Waals surface area contributed by atoms with Gasteiger partial charge in [-0.15, -0.1) is 0 Å². The van der Waals surface area contributed by atoms with E-state index in [2.05, 4.69) is 15.6 Å². The quantitative estimate of drug-likeness (QED) is 0.135. The van der Waals surface area contributed by atoms with Crippen LogP contribution in [0.3, 0.4) is 0 Å². The fourth-order valence-electron chi connectivity index (χ4n) is 4.49. The number of anilines is 1. The summed E-state index contributed by atoms with van der Waals surface area (Å²) in [6.07, 6.45) is 0.934. The number of rotatable bonds is 10. The van der Waals surface area contributed by atoms with Gasteiger partial charge in [0.1, 0.15) is 16.7 Å². The van der Waals surface area contributed by atoms with Crippen molar-refractivity contribution in [1.82, 2.24) is 10.3 Å². The largest absolute Gasteiger partial charge is 0.481 e. The van der Waals surface area contributed by atoms with Crippen molar-refractivity contribution in [1.29, 1.82) is 0 Å². The highest BCUT2D eigenvalue weighted by molar-refractivity contribution is 6.31. The minimum Gasteiger partial charge on any atom is -0.481 e. The molecule has 8 nitrogen and oxygen atoms in total. The van der Waals surface area contributed by atoms with Gasteiger partial charge in [0.2, 0.25) is 0 Å². The third-order valence-electron chi connectivity index (χ3n) is 6.63. The summed E-state index contributed by atoms with van der Waals surface area (Å²) in [4.78, 5) is 42.0. The summed E-state index contributed by atoms with van der Waals surface area (Å²) in [7, 11) is 0. The average Bonchev–Trinajstić information content (AvgIpc) is 3.02. The summed E-state index contributed by atoms with van der Waals surface area (Å²) in [6, 6.07) is 30.7. The number of halogens is 2. The smallest absolute Gasteiger partial charge is 0.305 e. The number of amides is 2. The predicted molar refractivity (Wildman–Crippen MR) is 170 cm³/mol. The van der Waals surface area contributed by atoms with Gasteiger partial charge in [0.25, 0.3) is 11.8 Å². The maximum Gasteiger partial charge on any atom is 0.305 e. The fraction of sp³-hybridized carbons (Fsp3) is 0.0588. The van der Waals surface area contributed by atoms with E-state index >= 15 is 0 Å². The highest BCUT2D eigenvalue weighted by Gasteiger charge is 2.22. The molecule has 0 aliphatic carbocycles. The van der Waals surface area contributed by atoms with Crippen LogP contribution in [0, 0.1) is 0 Å². The van der Waals surface area contributed by atoms with Gasteiger partial charge in [-0.25, -0.2) is 4.98 Å². The molecule has 0 bridgehead atoms. The lowest BCUT2D eigenvalue weighted by Crippen LogP contribution is -2.31. The predicted octanol–water partition coefficient (Wildman–Crippen LogP) is 8.05. The Morgan fingerprint density at radius 3 is 2.25 bits per heavy atom. The van der Waals surface area contributed by atoms with Crippen LogP contribution < -0.4 is 15.4 Å². The SMILES string of the molecule is O=C(O)CC(NC(=O)c1cc(Cl)ccc1NC(=O)c1ccc(Cl)nc1)c1ccc(-c2ccccc2Oc2ccccc2)cc1. The van der Waals surface area contributed by atoms with Crippen molar-refractivity contribution in [2.75, 3.05) is 5.32 Å². The molecule has 0 radical (unpaired) electrons. The number of carboxylic acid groups (broad SMARTS) is 1. The summed E-state index contributed by atoms with van der Waals surface area (Å²) < 4.78 is 6.09. The molecular formula is C34H25Cl2N3O5. The van der Waals surface area contributed by atoms with Crippen LogP contribution in [0.4, 0.5) is 5.69 Å². The molecule has 0 saturated carbocycles. The van der Waals surface area contributed by atoms with Gasteiger partial charge < -0.3 is 20.5 Å². The molecule has 3 N–H and O–H groups in total. The van der Waals surface area contributed by atoms with Crippen molar-refractivity contribution in [2.45, 2.75) is 12.5 Å². The third-order valence-corrected chi connectivity index (χ3v) is 7.09. The van der Waals surface area contributed by atoms with Crippen LogP contribution in [0.25, 0.3) is 11.1 Å². The number of pyridine rings is 1. The Hall–Kier alpha value is -5.18. The van der Waals surface area contributed by atoms with E-state index in [-0.39, 0.29) is 33.4 Å². The van der Waals surface area contributed by atoms with Gasteiger partial charge in [0.05, 0.1) is 29.3 Å². The molecule has 220 valence electrons. The number of aromatic nitrogens is 1. The summed E-state index contributed by atoms with van der Waals surface area (Å²) in [6.45, 7) is 0. The molecule has 1 heterocycles. The summed E-state index contributed by atoms with van der Waals surface area (Å²) in [5, 5.41) is 15.6. The van der Waals surface area contributed by atoms with Crippen molar-refractivity contribution in [3.05, 3.63) is 142 Å². The van der Waals surface area contributed by atoms with Crippen LogP contribution in [-0.4, -0.2) is 27.9 Å². The second-order valence-electron chi connectivity index (χ2n) is 9.67. The number of nitrogens with zero attached hydrogens (tertiary/aromatic N) is 1. The van der Waals surface area contributed by atoms with Gasteiger partial charge in [-0.05, 0) is 59.7 Å². The van der Waals surface area contributed by atoms with Crippen molar-refractivity contribution in [3.8, 4) is 22.6 Å². The van der Waals surface area contributed by atoms with Gasteiger partial charge in [0, 0.05) is 16.8 Å². The van der Waals surface area contributed by atoms with E-state index in [9.17, 15) is 19.5 Å². The first-order valence-corrected chi connectivity index (χ1v) is 14.2. The zero-order valence-corrected chi connectivity index (χ0v) is 24.5. The van der Waals surface area contributed by atoms with Crippen molar-refractivity contribution in [2.24, 2.45) is 0 Å². The Morgan fingerprint density at radius 1 is 0.818 bits per heavy atom. The molecule has 1 atom stereocenters. The highest BCUT2D eigenvalue weighted by Crippen LogP contribution is 2.34. The van der Waals surface area contributed by atoms with Crippen LogP contribution in [0.5, 0.6) is 11.5 Å². The Morgan fingerprint density at radius 2 is 1.55 bits per heavy atom. The second kappa shape index (κ2) is 13.9. The third kappa shape index (κ3) is 7.60. The van der Waals surface area contributed by atoms with Gasteiger partial charge in [-0.2, -0.15) is 0 Å². The van der Waals surface area contributed by atoms with Crippen molar-refractivity contribution >= 4 is 46.7 Å². The first-order valence-electron chi connectivity index (χ1n) is 13.4. The molecule has 5 rings (SSSR count). The Kier molecular flexibility index (Phi) is 9.54. The highest BCUT2D eigenvalue weighted by atomic mass is 35.5. The number of nitrogens with one attached hydrogen (secondary N) is 2. The number of carbonyl (C=O) groups is 3. The number of carboxylic acids is 1. The Balaban J connectivity index is 1.37. The van der Waals surface area contributed by atoms with E-state index in [4.69, 9.17) is 27.9 Å². The van der Waals surface area contributed by atoms with E-state index in [0.29, 0.717) is 17.1 Å². The maximum atomic E-state index is 13.5. The molecule has 44 heavy (non-hydrogen) atoms. The lowest BCUT2D eigenvalue weighted by Gasteiger charge is -2.20. The molecule has 0 saturated heterocycles. The lowest BCUT2D eigenvalue weighted by atomic mass is 9.98. The number of hydrogen-bond acceptors (Lipinski definition) is 5. The molecular weight excluding hydrogens is 601 g/mol. The van der Waals surface area contributed by atoms with Gasteiger partial charge in [-0.1, -0.05) is 83.9 Å². The Labute approximate surface area is 263 Å². The van der Waals surface area contributed by atoms with E-state index in [1.165, 1.54) is 36.5 Å². The van der Waals surface area contributed by atoms with E-state index in [1.54, 1.807) is 12.1 Å². The molecule has 0 spiro atoms. The first-order chi connectivity index (χ1) is 21.3. The van der Waals surface area contributed by atoms with Crippen LogP contribution in [0.15, 0.2) is 115 Å². The number of benzene rings is 4. The van der Waals surface area contributed by atoms with Crippen LogP contribution in [-0.2, 0) is 4.79 Å². The normalized spacial score (nSPS) is 11.3. The van der Waals surface area contributed by atoms with Gasteiger partial charge in [0.15, 0.2) is 0 Å². The first kappa shape index (κ1) is 30.3. The lowest BCUT2D eigenvalue weighted by molar-refractivity contribution is -0.137. The molecule has 1 aromatic heterocycles. The van der Waals surface area contributed by atoms with Crippen molar-refractivity contribution < 1.29 is 24.2 Å². The molecule has 1 unspecified atom stereocenters. The van der Waals surface area contributed by atoms with Crippen LogP contribution >= 0.6 is 23.2 Å². The Bertz CT molecular complexity index is 1800. The molecule has 2 amide bonds. The van der Waals surface area contributed by atoms with E-state index in [1.807, 2.05) is 66.7 Å². The van der Waals surface area contributed by atoms with Crippen molar-refractivity contribution in [3.63, 3.8) is 0 Å². The van der Waals surface area contributed by atoms with Gasteiger partial charge in [-0.3, -0.25) is 14.4 Å². The summed E-state index contributed by atoms with van der Waals surface area (Å²) >= 11 is 12.0.